The summed E-state index contributed by atoms with van der Waals surface area (Å²) in [6, 6.07) is 12.9. The number of carbonyl (C=O) groups excluding carboxylic acids is 1. The van der Waals surface area contributed by atoms with E-state index >= 15 is 0 Å². The first-order chi connectivity index (χ1) is 16.7. The van der Waals surface area contributed by atoms with Crippen LogP contribution in [-0.2, 0) is 24.7 Å². The number of aromatic nitrogens is 2. The van der Waals surface area contributed by atoms with Gasteiger partial charge in [0.05, 0.1) is 22.8 Å². The van der Waals surface area contributed by atoms with Gasteiger partial charge in [0.25, 0.3) is 5.91 Å². The van der Waals surface area contributed by atoms with Crippen LogP contribution in [-0.4, -0.2) is 34.2 Å². The first kappa shape index (κ1) is 27.9. The number of nitrogens with zero attached hydrogens (tertiary/aromatic N) is 3. The van der Waals surface area contributed by atoms with Crippen molar-refractivity contribution < 1.29 is 18.0 Å². The molecule has 1 amide bonds. The van der Waals surface area contributed by atoms with Gasteiger partial charge < -0.3 is 10.2 Å². The van der Waals surface area contributed by atoms with E-state index in [1.165, 1.54) is 11.6 Å². The van der Waals surface area contributed by atoms with Gasteiger partial charge in [-0.3, -0.25) is 9.48 Å². The van der Waals surface area contributed by atoms with E-state index in [-0.39, 0.29) is 36.7 Å². The molecule has 0 fully saturated rings. The summed E-state index contributed by atoms with van der Waals surface area (Å²) in [5, 5.41) is 6.62. The molecule has 0 aliphatic heterocycles. The average Bonchev–Trinajstić information content (AvgIpc) is 3.10. The third-order valence-electron chi connectivity index (χ3n) is 5.95. The number of hydrogen-bond acceptors (Lipinski definition) is 3. The molecule has 0 radical (unpaired) electrons. The lowest BCUT2D eigenvalue weighted by atomic mass is 9.87. The molecule has 3 aromatic rings. The second-order valence-corrected chi connectivity index (χ2v) is 10.4. The van der Waals surface area contributed by atoms with Crippen LogP contribution in [0.1, 0.15) is 53.6 Å². The molecule has 36 heavy (non-hydrogen) atoms. The SMILES string of the molecule is CNc1ccc(Cl)cc1C(=O)N(CCn1nc(C(F)(F)F)c(Cl)c1C)Cc1ccc(C(C)(C)C)cc1. The Bertz CT molecular complexity index is 1230. The molecule has 0 aliphatic carbocycles. The van der Waals surface area contributed by atoms with Crippen LogP contribution in [0.25, 0.3) is 0 Å². The van der Waals surface area contributed by atoms with Crippen LogP contribution in [0.2, 0.25) is 10.0 Å². The molecule has 1 aromatic heterocycles. The highest BCUT2D eigenvalue weighted by Crippen LogP contribution is 2.35. The molecular weight excluding hydrogens is 512 g/mol. The highest BCUT2D eigenvalue weighted by Gasteiger charge is 2.38. The van der Waals surface area contributed by atoms with Crippen molar-refractivity contribution in [2.75, 3.05) is 18.9 Å². The van der Waals surface area contributed by atoms with Crippen LogP contribution in [0.3, 0.4) is 0 Å². The fourth-order valence-corrected chi connectivity index (χ4v) is 4.22. The molecule has 0 spiro atoms. The summed E-state index contributed by atoms with van der Waals surface area (Å²) in [6.07, 6.45) is -4.67. The van der Waals surface area contributed by atoms with Gasteiger partial charge in [-0.25, -0.2) is 0 Å². The molecule has 3 rings (SSSR count). The molecule has 5 nitrogen and oxygen atoms in total. The van der Waals surface area contributed by atoms with E-state index in [1.54, 1.807) is 30.1 Å². The lowest BCUT2D eigenvalue weighted by Gasteiger charge is -2.25. The lowest BCUT2D eigenvalue weighted by Crippen LogP contribution is -2.34. The number of amides is 1. The zero-order chi connectivity index (χ0) is 26.8. The molecule has 0 aliphatic rings. The summed E-state index contributed by atoms with van der Waals surface area (Å²) in [7, 11) is 1.70. The Morgan fingerprint density at radius 2 is 1.72 bits per heavy atom. The number of halogens is 5. The molecule has 2 aromatic carbocycles. The standard InChI is InChI=1S/C26H29Cl2F3N4O/c1-16-22(28)23(26(29,30)31)33-35(16)13-12-34(15-17-6-8-18(9-7-17)25(2,3)4)24(36)20-14-19(27)10-11-21(20)32-5/h6-11,14,32H,12-13,15H2,1-5H3. The van der Waals surface area contributed by atoms with Gasteiger partial charge >= 0.3 is 6.18 Å². The van der Waals surface area contributed by atoms with E-state index < -0.39 is 16.9 Å². The lowest BCUT2D eigenvalue weighted by molar-refractivity contribution is -0.141. The minimum atomic E-state index is -4.67. The van der Waals surface area contributed by atoms with Crippen molar-refractivity contribution in [1.29, 1.82) is 0 Å². The van der Waals surface area contributed by atoms with Crippen molar-refractivity contribution in [3.8, 4) is 0 Å². The van der Waals surface area contributed by atoms with Gasteiger partial charge in [0.1, 0.15) is 0 Å². The highest BCUT2D eigenvalue weighted by molar-refractivity contribution is 6.32. The van der Waals surface area contributed by atoms with Gasteiger partial charge in [-0.15, -0.1) is 0 Å². The zero-order valence-electron chi connectivity index (χ0n) is 20.8. The number of benzene rings is 2. The second kappa shape index (κ2) is 10.7. The van der Waals surface area contributed by atoms with Gasteiger partial charge in [-0.2, -0.15) is 18.3 Å². The van der Waals surface area contributed by atoms with Crippen molar-refractivity contribution >= 4 is 34.8 Å². The fraction of sp³-hybridized carbons (Fsp3) is 0.385. The van der Waals surface area contributed by atoms with E-state index in [2.05, 4.69) is 31.2 Å². The summed E-state index contributed by atoms with van der Waals surface area (Å²) >= 11 is 12.1. The normalized spacial score (nSPS) is 12.1. The molecule has 1 heterocycles. The largest absolute Gasteiger partial charge is 0.436 e. The van der Waals surface area contributed by atoms with Gasteiger partial charge in [0.2, 0.25) is 0 Å². The monoisotopic (exact) mass is 540 g/mol. The third kappa shape index (κ3) is 6.34. The van der Waals surface area contributed by atoms with Gasteiger partial charge in [0, 0.05) is 30.8 Å². The molecular formula is C26H29Cl2F3N4O. The molecule has 194 valence electrons. The van der Waals surface area contributed by atoms with E-state index in [0.29, 0.717) is 16.3 Å². The van der Waals surface area contributed by atoms with E-state index in [9.17, 15) is 18.0 Å². The number of nitrogens with one attached hydrogen (secondary N) is 1. The van der Waals surface area contributed by atoms with Crippen LogP contribution in [0.15, 0.2) is 42.5 Å². The average molecular weight is 541 g/mol. The maximum atomic E-state index is 13.6. The molecule has 0 atom stereocenters. The number of carbonyl (C=O) groups is 1. The van der Waals surface area contributed by atoms with Crippen LogP contribution in [0.4, 0.5) is 18.9 Å². The summed E-state index contributed by atoms with van der Waals surface area (Å²) in [6.45, 7) is 8.20. The third-order valence-corrected chi connectivity index (χ3v) is 6.63. The first-order valence-corrected chi connectivity index (χ1v) is 12.1. The Kier molecular flexibility index (Phi) is 8.30. The van der Waals surface area contributed by atoms with Crippen molar-refractivity contribution in [1.82, 2.24) is 14.7 Å². The Hall–Kier alpha value is -2.71. The van der Waals surface area contributed by atoms with Crippen LogP contribution >= 0.6 is 23.2 Å². The minimum absolute atomic E-state index is 0.0242. The predicted molar refractivity (Wildman–Crippen MR) is 138 cm³/mol. The van der Waals surface area contributed by atoms with Crippen LogP contribution in [0, 0.1) is 6.92 Å². The molecule has 0 unspecified atom stereocenters. The summed E-state index contributed by atoms with van der Waals surface area (Å²) in [4.78, 5) is 15.2. The van der Waals surface area contributed by atoms with Crippen molar-refractivity contribution in [3.05, 3.63) is 80.6 Å². The Morgan fingerprint density at radius 1 is 1.08 bits per heavy atom. The van der Waals surface area contributed by atoms with Crippen molar-refractivity contribution in [3.63, 3.8) is 0 Å². The number of rotatable bonds is 7. The highest BCUT2D eigenvalue weighted by atomic mass is 35.5. The summed E-state index contributed by atoms with van der Waals surface area (Å²) in [5.41, 5.74) is 2.02. The maximum absolute atomic E-state index is 13.6. The van der Waals surface area contributed by atoms with Gasteiger partial charge in [-0.1, -0.05) is 68.2 Å². The molecule has 0 bridgehead atoms. The van der Waals surface area contributed by atoms with E-state index in [0.717, 1.165) is 11.1 Å². The quantitative estimate of drug-likeness (QED) is 0.344. The Morgan fingerprint density at radius 3 is 2.25 bits per heavy atom. The van der Waals surface area contributed by atoms with E-state index in [4.69, 9.17) is 23.2 Å². The summed E-state index contributed by atoms with van der Waals surface area (Å²) in [5.74, 6) is -0.311. The Labute approximate surface area is 219 Å². The topological polar surface area (TPSA) is 50.2 Å². The van der Waals surface area contributed by atoms with Gasteiger partial charge in [-0.05, 0) is 41.7 Å². The number of anilines is 1. The first-order valence-electron chi connectivity index (χ1n) is 11.4. The van der Waals surface area contributed by atoms with Crippen LogP contribution in [0.5, 0.6) is 0 Å². The maximum Gasteiger partial charge on any atom is 0.436 e. The van der Waals surface area contributed by atoms with Crippen molar-refractivity contribution in [2.24, 2.45) is 0 Å². The Balaban J connectivity index is 1.93. The number of hydrogen-bond donors (Lipinski definition) is 1. The predicted octanol–water partition coefficient (Wildman–Crippen LogP) is 7.20. The number of alkyl halides is 3. The molecule has 0 saturated heterocycles. The van der Waals surface area contributed by atoms with Crippen LogP contribution < -0.4 is 5.32 Å². The molecule has 0 saturated carbocycles. The van der Waals surface area contributed by atoms with E-state index in [1.807, 2.05) is 24.3 Å². The zero-order valence-corrected chi connectivity index (χ0v) is 22.3. The fourth-order valence-electron chi connectivity index (χ4n) is 3.80. The minimum Gasteiger partial charge on any atom is -0.387 e. The van der Waals surface area contributed by atoms with Crippen molar-refractivity contribution in [2.45, 2.75) is 52.4 Å². The second-order valence-electron chi connectivity index (χ2n) is 9.58. The summed E-state index contributed by atoms with van der Waals surface area (Å²) < 4.78 is 41.0. The smallest absolute Gasteiger partial charge is 0.387 e. The molecule has 10 heteroatoms. The van der Waals surface area contributed by atoms with Gasteiger partial charge in [0.15, 0.2) is 5.69 Å². The molecule has 1 N–H and O–H groups in total.